The molecule has 5 nitrogen and oxygen atoms in total. The number of rotatable bonds is 3. The fourth-order valence-corrected chi connectivity index (χ4v) is 3.20. The van der Waals surface area contributed by atoms with E-state index >= 15 is 0 Å². The van der Waals surface area contributed by atoms with Crippen molar-refractivity contribution in [2.45, 2.75) is 25.9 Å². The molecule has 0 radical (unpaired) electrons. The molecule has 1 fully saturated rings. The summed E-state index contributed by atoms with van der Waals surface area (Å²) in [5, 5.41) is 9.07. The molecule has 0 aliphatic carbocycles. The Bertz CT molecular complexity index is 645. The van der Waals surface area contributed by atoms with Crippen molar-refractivity contribution in [3.05, 3.63) is 35.2 Å². The van der Waals surface area contributed by atoms with E-state index < -0.39 is 0 Å². The Morgan fingerprint density at radius 1 is 1.32 bits per heavy atom. The van der Waals surface area contributed by atoms with Crippen LogP contribution in [-0.4, -0.2) is 52.7 Å². The van der Waals surface area contributed by atoms with Crippen LogP contribution in [0.5, 0.6) is 0 Å². The maximum absolute atomic E-state index is 6.02. The third-order valence-electron chi connectivity index (χ3n) is 4.25. The highest BCUT2D eigenvalue weighted by Gasteiger charge is 2.29. The van der Waals surface area contributed by atoms with Gasteiger partial charge in [0.1, 0.15) is 0 Å². The average Bonchev–Trinajstić information content (AvgIpc) is 2.96. The lowest BCUT2D eigenvalue weighted by molar-refractivity contribution is 0.0572. The first-order valence-corrected chi connectivity index (χ1v) is 7.96. The van der Waals surface area contributed by atoms with Crippen LogP contribution in [-0.2, 0) is 0 Å². The average molecular weight is 321 g/mol. The molecular formula is C16H21ClN4O. The van der Waals surface area contributed by atoms with E-state index in [1.54, 1.807) is 0 Å². The predicted octanol–water partition coefficient (Wildman–Crippen LogP) is 3.09. The summed E-state index contributed by atoms with van der Waals surface area (Å²) in [4.78, 5) is 4.76. The van der Waals surface area contributed by atoms with E-state index in [0.29, 0.717) is 22.8 Å². The van der Waals surface area contributed by atoms with Crippen LogP contribution < -0.4 is 0 Å². The van der Waals surface area contributed by atoms with Crippen LogP contribution in [0, 0.1) is 0 Å². The maximum atomic E-state index is 6.02. The normalized spacial score (nSPS) is 21.9. The molecule has 0 bridgehead atoms. The zero-order valence-corrected chi connectivity index (χ0v) is 13.9. The lowest BCUT2D eigenvalue weighted by Crippen LogP contribution is -2.51. The van der Waals surface area contributed by atoms with Gasteiger partial charge in [-0.2, -0.15) is 0 Å². The van der Waals surface area contributed by atoms with Crippen LogP contribution >= 0.6 is 11.6 Å². The zero-order valence-electron chi connectivity index (χ0n) is 13.2. The molecule has 3 rings (SSSR count). The van der Waals surface area contributed by atoms with Gasteiger partial charge < -0.3 is 9.32 Å². The van der Waals surface area contributed by atoms with E-state index in [2.05, 4.69) is 40.9 Å². The molecule has 0 amide bonds. The van der Waals surface area contributed by atoms with Crippen LogP contribution in [0.15, 0.2) is 28.7 Å². The summed E-state index contributed by atoms with van der Waals surface area (Å²) in [7, 11) is 2.16. The van der Waals surface area contributed by atoms with Crippen molar-refractivity contribution in [2.24, 2.45) is 0 Å². The largest absolute Gasteiger partial charge is 0.419 e. The molecule has 0 spiro atoms. The molecule has 1 aromatic heterocycles. The molecule has 6 heteroatoms. The summed E-state index contributed by atoms with van der Waals surface area (Å²) in [6.07, 6.45) is 0. The highest BCUT2D eigenvalue weighted by Crippen LogP contribution is 2.27. The van der Waals surface area contributed by atoms with Crippen molar-refractivity contribution in [3.63, 3.8) is 0 Å². The van der Waals surface area contributed by atoms with Gasteiger partial charge in [0.25, 0.3) is 0 Å². The molecule has 1 aliphatic rings. The Labute approximate surface area is 135 Å². The molecule has 0 N–H and O–H groups in total. The van der Waals surface area contributed by atoms with Gasteiger partial charge >= 0.3 is 0 Å². The second-order valence-electron chi connectivity index (χ2n) is 5.98. The number of nitrogens with zero attached hydrogens (tertiary/aromatic N) is 4. The predicted molar refractivity (Wildman–Crippen MR) is 86.8 cm³/mol. The van der Waals surface area contributed by atoms with Gasteiger partial charge in [-0.25, -0.2) is 0 Å². The molecule has 2 heterocycles. The number of likely N-dealkylation sites (N-methyl/N-ethyl adjacent to an activating group) is 1. The number of hydrogen-bond donors (Lipinski definition) is 0. The molecule has 1 aromatic carbocycles. The summed E-state index contributed by atoms with van der Waals surface area (Å²) in [5.41, 5.74) is 0.852. The van der Waals surface area contributed by atoms with Gasteiger partial charge in [0.15, 0.2) is 0 Å². The van der Waals surface area contributed by atoms with Crippen LogP contribution in [0.1, 0.15) is 25.8 Å². The quantitative estimate of drug-likeness (QED) is 0.869. The summed E-state index contributed by atoms with van der Waals surface area (Å²) < 4.78 is 5.88. The van der Waals surface area contributed by atoms with Crippen LogP contribution in [0.2, 0.25) is 5.02 Å². The van der Waals surface area contributed by atoms with Crippen molar-refractivity contribution >= 4 is 11.6 Å². The number of hydrogen-bond acceptors (Lipinski definition) is 5. The Morgan fingerprint density at radius 3 is 2.86 bits per heavy atom. The first kappa shape index (κ1) is 15.5. The maximum Gasteiger partial charge on any atom is 0.247 e. The molecule has 118 valence electrons. The van der Waals surface area contributed by atoms with E-state index in [4.69, 9.17) is 16.0 Å². The van der Waals surface area contributed by atoms with Crippen molar-refractivity contribution in [3.8, 4) is 11.5 Å². The summed E-state index contributed by atoms with van der Waals surface area (Å²) >= 11 is 6.02. The van der Waals surface area contributed by atoms with Crippen LogP contribution in [0.3, 0.4) is 0 Å². The first-order valence-electron chi connectivity index (χ1n) is 7.58. The number of piperazine rings is 1. The van der Waals surface area contributed by atoms with Gasteiger partial charge in [-0.1, -0.05) is 17.7 Å². The van der Waals surface area contributed by atoms with E-state index in [1.807, 2.05) is 24.3 Å². The first-order chi connectivity index (χ1) is 10.5. The minimum absolute atomic E-state index is 0.115. The Kier molecular flexibility index (Phi) is 4.47. The highest BCUT2D eigenvalue weighted by molar-refractivity contribution is 6.30. The SMILES string of the molecule is C[C@H]1CN(C)CCN1[C@@H](C)c1nnc(-c2cccc(Cl)c2)o1. The summed E-state index contributed by atoms with van der Waals surface area (Å²) in [6, 6.07) is 8.05. The second kappa shape index (κ2) is 6.36. The lowest BCUT2D eigenvalue weighted by atomic mass is 10.1. The second-order valence-corrected chi connectivity index (χ2v) is 6.42. The van der Waals surface area contributed by atoms with E-state index in [1.165, 1.54) is 0 Å². The Morgan fingerprint density at radius 2 is 2.14 bits per heavy atom. The Balaban J connectivity index is 1.78. The molecule has 1 aliphatic heterocycles. The van der Waals surface area contributed by atoms with Crippen LogP contribution in [0.25, 0.3) is 11.5 Å². The topological polar surface area (TPSA) is 45.4 Å². The number of aromatic nitrogens is 2. The minimum Gasteiger partial charge on any atom is -0.419 e. The van der Waals surface area contributed by atoms with E-state index in [0.717, 1.165) is 25.2 Å². The van der Waals surface area contributed by atoms with Gasteiger partial charge in [-0.05, 0) is 39.1 Å². The smallest absolute Gasteiger partial charge is 0.247 e. The molecule has 0 unspecified atom stereocenters. The third-order valence-corrected chi connectivity index (χ3v) is 4.48. The van der Waals surface area contributed by atoms with Crippen molar-refractivity contribution in [1.29, 1.82) is 0 Å². The molecule has 2 aromatic rings. The minimum atomic E-state index is 0.115. The number of halogens is 1. The van der Waals surface area contributed by atoms with Gasteiger partial charge in [0.2, 0.25) is 11.8 Å². The van der Waals surface area contributed by atoms with Gasteiger partial charge in [0.05, 0.1) is 6.04 Å². The van der Waals surface area contributed by atoms with Crippen molar-refractivity contribution in [1.82, 2.24) is 20.0 Å². The molecule has 2 atom stereocenters. The van der Waals surface area contributed by atoms with Crippen molar-refractivity contribution in [2.75, 3.05) is 26.7 Å². The van der Waals surface area contributed by atoms with Gasteiger partial charge in [-0.15, -0.1) is 10.2 Å². The lowest BCUT2D eigenvalue weighted by Gasteiger charge is -2.40. The summed E-state index contributed by atoms with van der Waals surface area (Å²) in [6.45, 7) is 7.48. The molecule has 22 heavy (non-hydrogen) atoms. The molecule has 1 saturated heterocycles. The van der Waals surface area contributed by atoms with E-state index in [9.17, 15) is 0 Å². The Hall–Kier alpha value is -1.43. The fraction of sp³-hybridized carbons (Fsp3) is 0.500. The van der Waals surface area contributed by atoms with Gasteiger partial charge in [0, 0.05) is 36.3 Å². The summed E-state index contributed by atoms with van der Waals surface area (Å²) in [5.74, 6) is 1.18. The van der Waals surface area contributed by atoms with E-state index in [-0.39, 0.29) is 6.04 Å². The highest BCUT2D eigenvalue weighted by atomic mass is 35.5. The fourth-order valence-electron chi connectivity index (χ4n) is 3.01. The zero-order chi connectivity index (χ0) is 15.7. The molecular weight excluding hydrogens is 300 g/mol. The van der Waals surface area contributed by atoms with Crippen molar-refractivity contribution < 1.29 is 4.42 Å². The van der Waals surface area contributed by atoms with Gasteiger partial charge in [-0.3, -0.25) is 4.90 Å². The molecule has 0 saturated carbocycles. The number of benzene rings is 1. The monoisotopic (exact) mass is 320 g/mol. The van der Waals surface area contributed by atoms with Crippen LogP contribution in [0.4, 0.5) is 0 Å². The standard InChI is InChI=1S/C16H21ClN4O/c1-11-10-20(3)7-8-21(11)12(2)15-18-19-16(22-15)13-5-4-6-14(17)9-13/h4-6,9,11-12H,7-8,10H2,1-3H3/t11-,12-/m0/s1. The third kappa shape index (κ3) is 3.16.